The molecule has 0 bridgehead atoms. The van der Waals surface area contributed by atoms with Gasteiger partial charge in [0.15, 0.2) is 0 Å². The zero-order valence-electron chi connectivity index (χ0n) is 12.0. The van der Waals surface area contributed by atoms with Crippen molar-refractivity contribution in [1.82, 2.24) is 0 Å². The Hall–Kier alpha value is -2.60. The molecule has 0 spiro atoms. The molecule has 0 heterocycles. The minimum atomic E-state index is 1.29. The van der Waals surface area contributed by atoms with E-state index in [-0.39, 0.29) is 0 Å². The summed E-state index contributed by atoms with van der Waals surface area (Å²) in [6, 6.07) is 28.3. The Morgan fingerprint density at radius 2 is 1.05 bits per heavy atom. The van der Waals surface area contributed by atoms with Gasteiger partial charge in [0.25, 0.3) is 0 Å². The van der Waals surface area contributed by atoms with E-state index in [1.54, 1.807) is 0 Å². The fourth-order valence-corrected chi connectivity index (χ4v) is 3.16. The van der Waals surface area contributed by atoms with Gasteiger partial charge in [-0.2, -0.15) is 0 Å². The van der Waals surface area contributed by atoms with Crippen LogP contribution in [0.3, 0.4) is 0 Å². The van der Waals surface area contributed by atoms with Gasteiger partial charge in [-0.05, 0) is 45.2 Å². The van der Waals surface area contributed by atoms with Gasteiger partial charge >= 0.3 is 0 Å². The summed E-state index contributed by atoms with van der Waals surface area (Å²) in [7, 11) is 0. The van der Waals surface area contributed by atoms with Gasteiger partial charge in [0.1, 0.15) is 0 Å². The lowest BCUT2D eigenvalue weighted by Crippen LogP contribution is -1.85. The monoisotopic (exact) mass is 268 g/mol. The summed E-state index contributed by atoms with van der Waals surface area (Å²) in [6.07, 6.45) is 0. The van der Waals surface area contributed by atoms with Crippen LogP contribution in [0.1, 0.15) is 5.56 Å². The molecule has 21 heavy (non-hydrogen) atoms. The van der Waals surface area contributed by atoms with Gasteiger partial charge in [0.05, 0.1) is 0 Å². The largest absolute Gasteiger partial charge is 0.0616 e. The third-order valence-electron chi connectivity index (χ3n) is 4.22. The highest BCUT2D eigenvalue weighted by Crippen LogP contribution is 2.34. The minimum absolute atomic E-state index is 1.29. The summed E-state index contributed by atoms with van der Waals surface area (Å²) in [5.74, 6) is 0. The summed E-state index contributed by atoms with van der Waals surface area (Å²) in [5.41, 5.74) is 3.95. The van der Waals surface area contributed by atoms with Crippen molar-refractivity contribution >= 4 is 21.5 Å². The molecular weight excluding hydrogens is 252 g/mol. The molecule has 100 valence electrons. The van der Waals surface area contributed by atoms with E-state index in [4.69, 9.17) is 0 Å². The molecule has 4 aromatic rings. The van der Waals surface area contributed by atoms with Crippen molar-refractivity contribution in [3.8, 4) is 11.1 Å². The molecule has 0 aliphatic carbocycles. The lowest BCUT2D eigenvalue weighted by atomic mass is 9.93. The molecule has 0 amide bonds. The Kier molecular flexibility index (Phi) is 2.75. The Morgan fingerprint density at radius 3 is 1.95 bits per heavy atom. The van der Waals surface area contributed by atoms with Crippen molar-refractivity contribution < 1.29 is 0 Å². The van der Waals surface area contributed by atoms with Crippen LogP contribution < -0.4 is 0 Å². The van der Waals surface area contributed by atoms with E-state index in [2.05, 4.69) is 85.8 Å². The third kappa shape index (κ3) is 1.92. The number of aryl methyl sites for hydroxylation is 1. The number of hydrogen-bond acceptors (Lipinski definition) is 0. The average Bonchev–Trinajstić information content (AvgIpc) is 2.54. The number of hydrogen-bond donors (Lipinski definition) is 0. The van der Waals surface area contributed by atoms with Gasteiger partial charge in [0.2, 0.25) is 0 Å². The van der Waals surface area contributed by atoms with Crippen molar-refractivity contribution in [2.75, 3.05) is 0 Å². The maximum atomic E-state index is 2.23. The standard InChI is InChI=1S/C21H16/c1-15-7-4-12-19-17(15)11-6-14-21(19)20-13-5-9-16-8-2-3-10-18(16)20/h2-14H,1H3. The molecule has 0 aliphatic heterocycles. The summed E-state index contributed by atoms with van der Waals surface area (Å²) < 4.78 is 0. The highest BCUT2D eigenvalue weighted by molar-refractivity contribution is 6.06. The van der Waals surface area contributed by atoms with Gasteiger partial charge in [-0.1, -0.05) is 78.9 Å². The summed E-state index contributed by atoms with van der Waals surface area (Å²) in [4.78, 5) is 0. The van der Waals surface area contributed by atoms with Gasteiger partial charge in [-0.3, -0.25) is 0 Å². The first-order chi connectivity index (χ1) is 10.3. The smallest absolute Gasteiger partial charge is 0.00991 e. The topological polar surface area (TPSA) is 0 Å². The normalized spacial score (nSPS) is 11.1. The summed E-state index contributed by atoms with van der Waals surface area (Å²) in [6.45, 7) is 2.18. The Balaban J connectivity index is 2.12. The minimum Gasteiger partial charge on any atom is -0.0616 e. The first-order valence-electron chi connectivity index (χ1n) is 7.31. The van der Waals surface area contributed by atoms with Crippen LogP contribution in [-0.2, 0) is 0 Å². The van der Waals surface area contributed by atoms with Gasteiger partial charge in [-0.25, -0.2) is 0 Å². The highest BCUT2D eigenvalue weighted by Gasteiger charge is 2.07. The van der Waals surface area contributed by atoms with Crippen molar-refractivity contribution in [3.63, 3.8) is 0 Å². The van der Waals surface area contributed by atoms with Crippen molar-refractivity contribution in [2.24, 2.45) is 0 Å². The maximum absolute atomic E-state index is 2.23. The van der Waals surface area contributed by atoms with Gasteiger partial charge in [0, 0.05) is 0 Å². The molecular formula is C21H16. The van der Waals surface area contributed by atoms with E-state index in [9.17, 15) is 0 Å². The first kappa shape index (κ1) is 12.2. The average molecular weight is 268 g/mol. The van der Waals surface area contributed by atoms with Crippen molar-refractivity contribution in [1.29, 1.82) is 0 Å². The SMILES string of the molecule is Cc1cccc2c(-c3cccc4ccccc34)cccc12. The molecule has 0 radical (unpaired) electrons. The lowest BCUT2D eigenvalue weighted by Gasteiger charge is -2.11. The number of benzene rings is 4. The molecule has 4 aromatic carbocycles. The predicted octanol–water partition coefficient (Wildman–Crippen LogP) is 5.97. The number of rotatable bonds is 1. The van der Waals surface area contributed by atoms with Crippen LogP contribution in [0.2, 0.25) is 0 Å². The second-order valence-electron chi connectivity index (χ2n) is 5.50. The van der Waals surface area contributed by atoms with Crippen LogP contribution in [0.25, 0.3) is 32.7 Å². The predicted molar refractivity (Wildman–Crippen MR) is 91.6 cm³/mol. The Morgan fingerprint density at radius 1 is 0.476 bits per heavy atom. The molecule has 0 unspecified atom stereocenters. The molecule has 0 aliphatic rings. The summed E-state index contributed by atoms with van der Waals surface area (Å²) >= 11 is 0. The van der Waals surface area contributed by atoms with Gasteiger partial charge in [-0.15, -0.1) is 0 Å². The molecule has 0 saturated carbocycles. The van der Waals surface area contributed by atoms with Crippen molar-refractivity contribution in [2.45, 2.75) is 6.92 Å². The van der Waals surface area contributed by atoms with Gasteiger partial charge < -0.3 is 0 Å². The molecule has 0 N–H and O–H groups in total. The first-order valence-corrected chi connectivity index (χ1v) is 7.31. The van der Waals surface area contributed by atoms with E-state index in [1.165, 1.54) is 38.2 Å². The van der Waals surface area contributed by atoms with E-state index < -0.39 is 0 Å². The molecule has 0 nitrogen and oxygen atoms in total. The Bertz CT molecular complexity index is 943. The highest BCUT2D eigenvalue weighted by atomic mass is 14.1. The van der Waals surface area contributed by atoms with Crippen LogP contribution >= 0.6 is 0 Å². The van der Waals surface area contributed by atoms with Crippen LogP contribution in [0.5, 0.6) is 0 Å². The molecule has 0 saturated heterocycles. The molecule has 0 atom stereocenters. The maximum Gasteiger partial charge on any atom is -0.00991 e. The second kappa shape index (κ2) is 4.75. The van der Waals surface area contributed by atoms with E-state index in [0.29, 0.717) is 0 Å². The quantitative estimate of drug-likeness (QED) is 0.399. The fourth-order valence-electron chi connectivity index (χ4n) is 3.16. The summed E-state index contributed by atoms with van der Waals surface area (Å²) in [5, 5.41) is 5.27. The lowest BCUT2D eigenvalue weighted by molar-refractivity contribution is 1.53. The van der Waals surface area contributed by atoms with Crippen LogP contribution in [0.15, 0.2) is 78.9 Å². The van der Waals surface area contributed by atoms with E-state index in [0.717, 1.165) is 0 Å². The fraction of sp³-hybridized carbons (Fsp3) is 0.0476. The van der Waals surface area contributed by atoms with Crippen LogP contribution in [-0.4, -0.2) is 0 Å². The van der Waals surface area contributed by atoms with Crippen molar-refractivity contribution in [3.05, 3.63) is 84.4 Å². The number of fused-ring (bicyclic) bond motifs is 2. The van der Waals surface area contributed by atoms with Crippen LogP contribution in [0, 0.1) is 6.92 Å². The zero-order valence-corrected chi connectivity index (χ0v) is 12.0. The van der Waals surface area contributed by atoms with E-state index >= 15 is 0 Å². The zero-order chi connectivity index (χ0) is 14.2. The molecule has 0 fully saturated rings. The molecule has 0 heteroatoms. The third-order valence-corrected chi connectivity index (χ3v) is 4.22. The van der Waals surface area contributed by atoms with E-state index in [1.807, 2.05) is 0 Å². The Labute approximate surface area is 124 Å². The van der Waals surface area contributed by atoms with Crippen LogP contribution in [0.4, 0.5) is 0 Å². The second-order valence-corrected chi connectivity index (χ2v) is 5.50. The molecule has 4 rings (SSSR count). The molecule has 0 aromatic heterocycles.